The van der Waals surface area contributed by atoms with Crippen LogP contribution in [-0.4, -0.2) is 92.0 Å². The van der Waals surface area contributed by atoms with Gasteiger partial charge in [-0.05, 0) is 295 Å². The van der Waals surface area contributed by atoms with Crippen LogP contribution in [0.5, 0.6) is 0 Å². The average Bonchev–Trinajstić information content (AvgIpc) is 1.58. The molecule has 0 saturated carbocycles. The number of aromatic nitrogens is 12. The van der Waals surface area contributed by atoms with Gasteiger partial charge >= 0.3 is 0 Å². The zero-order chi connectivity index (χ0) is 79.4. The standard InChI is InChI=1S/6C15H20N2O/c5*1-10-8-11(2)15-14(9-10)17(13(4)16-15)7-5-6-12(3)18;1-12(18)8-4-3-7-11-17-13(2)16-14-9-5-6-10-15(14)17/h5*8-9H,5-7H2,1-4H3;5-6,9-10H,3-4,7-8,11H2,1-2H3. The van der Waals surface area contributed by atoms with Crippen molar-refractivity contribution in [3.05, 3.63) is 176 Å². The number of imidazole rings is 6. The van der Waals surface area contributed by atoms with E-state index in [-0.39, 0.29) is 28.9 Å². The highest BCUT2D eigenvalue weighted by Crippen LogP contribution is 2.28. The van der Waals surface area contributed by atoms with Crippen LogP contribution in [0.4, 0.5) is 0 Å². The molecule has 0 fully saturated rings. The van der Waals surface area contributed by atoms with Crippen molar-refractivity contribution in [1.29, 1.82) is 0 Å². The summed E-state index contributed by atoms with van der Waals surface area (Å²) < 4.78 is 13.4. The van der Waals surface area contributed by atoms with Crippen LogP contribution in [0.3, 0.4) is 0 Å². The molecule has 576 valence electrons. The topological polar surface area (TPSA) is 209 Å². The molecule has 6 heterocycles. The van der Waals surface area contributed by atoms with Crippen LogP contribution in [0.15, 0.2) is 84.9 Å². The number of carbonyl (C=O) groups is 6. The first-order valence-corrected chi connectivity index (χ1v) is 38.7. The Morgan fingerprint density at radius 3 is 0.685 bits per heavy atom. The van der Waals surface area contributed by atoms with Gasteiger partial charge in [0, 0.05) is 77.8 Å². The SMILES string of the molecule is CC(=O)CCCCCn1c(C)nc2ccccc21.CC(=O)CCCn1c(C)nc2c(C)cc(C)cc21.CC(=O)CCCn1c(C)nc2c(C)cc(C)cc21.CC(=O)CCCn1c(C)nc2c(C)cc(C)cc21.CC(=O)CCCn1c(C)nc2c(C)cc(C)cc21.CC(=O)CCCn1c(C)nc2c(C)cc(C)cc21. The summed E-state index contributed by atoms with van der Waals surface area (Å²) >= 11 is 0. The Morgan fingerprint density at radius 1 is 0.241 bits per heavy atom. The number of unbranched alkanes of at least 4 members (excludes halogenated alkanes) is 2. The van der Waals surface area contributed by atoms with Gasteiger partial charge in [-0.25, -0.2) is 29.9 Å². The van der Waals surface area contributed by atoms with E-state index >= 15 is 0 Å². The number of ketones is 6. The van der Waals surface area contributed by atoms with E-state index < -0.39 is 0 Å². The van der Waals surface area contributed by atoms with Crippen molar-refractivity contribution < 1.29 is 28.8 Å². The van der Waals surface area contributed by atoms with Gasteiger partial charge in [-0.1, -0.05) is 48.9 Å². The van der Waals surface area contributed by atoms with Crippen LogP contribution in [-0.2, 0) is 68.0 Å². The van der Waals surface area contributed by atoms with Gasteiger partial charge in [0.25, 0.3) is 0 Å². The van der Waals surface area contributed by atoms with E-state index in [1.807, 2.05) is 40.7 Å². The summed E-state index contributed by atoms with van der Waals surface area (Å²) in [6.07, 6.45) is 11.6. The molecule has 0 atom stereocenters. The number of para-hydroxylation sites is 2. The van der Waals surface area contributed by atoms with E-state index in [1.54, 1.807) is 41.5 Å². The first-order valence-electron chi connectivity index (χ1n) is 38.7. The lowest BCUT2D eigenvalue weighted by Gasteiger charge is -2.07. The van der Waals surface area contributed by atoms with E-state index in [9.17, 15) is 28.8 Å². The monoisotopic (exact) mass is 1460 g/mol. The predicted octanol–water partition coefficient (Wildman–Crippen LogP) is 20.1. The Labute approximate surface area is 640 Å². The number of nitrogens with zero attached hydrogens (tertiary/aromatic N) is 12. The van der Waals surface area contributed by atoms with Crippen LogP contribution < -0.4 is 0 Å². The summed E-state index contributed by atoms with van der Waals surface area (Å²) in [4.78, 5) is 93.6. The molecule has 0 amide bonds. The molecule has 18 nitrogen and oxygen atoms in total. The minimum Gasteiger partial charge on any atom is -0.328 e. The fourth-order valence-corrected chi connectivity index (χ4v) is 14.6. The van der Waals surface area contributed by atoms with Crippen LogP contribution in [0.25, 0.3) is 66.2 Å². The molecule has 0 bridgehead atoms. The summed E-state index contributed by atoms with van der Waals surface area (Å²) in [5.41, 5.74) is 26.0. The Bertz CT molecular complexity index is 4550. The normalized spacial score (nSPS) is 11.1. The molecule has 6 aromatic heterocycles. The van der Waals surface area contributed by atoms with Gasteiger partial charge in [0.15, 0.2) is 0 Å². The third-order valence-electron chi connectivity index (χ3n) is 19.7. The molecule has 0 N–H and O–H groups in total. The molecule has 0 aliphatic rings. The van der Waals surface area contributed by atoms with Crippen molar-refractivity contribution in [2.24, 2.45) is 0 Å². The van der Waals surface area contributed by atoms with E-state index in [0.717, 1.165) is 159 Å². The zero-order valence-electron chi connectivity index (χ0n) is 69.0. The minimum atomic E-state index is 0.254. The molecule has 6 aromatic carbocycles. The molecule has 12 aromatic rings. The summed E-state index contributed by atoms with van der Waals surface area (Å²) in [5, 5.41) is 0. The Hall–Kier alpha value is -9.84. The van der Waals surface area contributed by atoms with E-state index in [4.69, 9.17) is 0 Å². The Kier molecular flexibility index (Phi) is 31.5. The van der Waals surface area contributed by atoms with Gasteiger partial charge in [0.05, 0.1) is 66.2 Å². The summed E-state index contributed by atoms with van der Waals surface area (Å²) in [7, 11) is 0. The van der Waals surface area contributed by atoms with Gasteiger partial charge in [-0.3, -0.25) is 0 Å². The number of rotatable bonds is 26. The molecule has 0 spiro atoms. The first kappa shape index (κ1) is 85.4. The van der Waals surface area contributed by atoms with Crippen molar-refractivity contribution in [3.8, 4) is 0 Å². The number of carbonyl (C=O) groups excluding carboxylic acids is 6. The Morgan fingerprint density at radius 2 is 0.444 bits per heavy atom. The number of hydrogen-bond acceptors (Lipinski definition) is 12. The zero-order valence-corrected chi connectivity index (χ0v) is 69.0. The highest BCUT2D eigenvalue weighted by atomic mass is 16.1. The molecular weight excluding hydrogens is 1350 g/mol. The summed E-state index contributed by atoms with van der Waals surface area (Å²) in [6.45, 7) is 48.4. The van der Waals surface area contributed by atoms with Crippen molar-refractivity contribution in [2.75, 3.05) is 0 Å². The van der Waals surface area contributed by atoms with E-state index in [1.165, 1.54) is 88.7 Å². The molecule has 0 aliphatic heterocycles. The maximum absolute atomic E-state index is 11.0. The predicted molar refractivity (Wildman–Crippen MR) is 443 cm³/mol. The molecule has 0 aliphatic carbocycles. The van der Waals surface area contributed by atoms with Gasteiger partial charge in [0.2, 0.25) is 0 Å². The summed E-state index contributed by atoms with van der Waals surface area (Å²) in [6, 6.07) is 29.9. The summed E-state index contributed by atoms with van der Waals surface area (Å²) in [5.74, 6) is 7.78. The number of Topliss-reactive ketones (excluding diaryl/α,β-unsaturated/α-hetero) is 6. The lowest BCUT2D eigenvalue weighted by atomic mass is 10.1. The van der Waals surface area contributed by atoms with E-state index in [0.29, 0.717) is 44.3 Å². The third kappa shape index (κ3) is 23.8. The van der Waals surface area contributed by atoms with E-state index in [2.05, 4.69) is 212 Å². The largest absolute Gasteiger partial charge is 0.328 e. The van der Waals surface area contributed by atoms with Crippen molar-refractivity contribution >= 4 is 101 Å². The van der Waals surface area contributed by atoms with Gasteiger partial charge in [-0.2, -0.15) is 0 Å². The molecular formula is C90H120N12O6. The Balaban J connectivity index is 0.000000180. The molecule has 0 radical (unpaired) electrons. The van der Waals surface area contributed by atoms with Gasteiger partial charge in [-0.15, -0.1) is 0 Å². The first-order chi connectivity index (χ1) is 51.1. The quantitative estimate of drug-likeness (QED) is 0.0464. The maximum Gasteiger partial charge on any atom is 0.129 e. The van der Waals surface area contributed by atoms with Crippen LogP contribution in [0, 0.1) is 111 Å². The smallest absolute Gasteiger partial charge is 0.129 e. The molecule has 18 heteroatoms. The molecule has 12 rings (SSSR count). The van der Waals surface area contributed by atoms with Crippen LogP contribution >= 0.6 is 0 Å². The second-order valence-corrected chi connectivity index (χ2v) is 30.1. The second kappa shape index (κ2) is 39.8. The molecule has 108 heavy (non-hydrogen) atoms. The third-order valence-corrected chi connectivity index (χ3v) is 19.7. The highest BCUT2D eigenvalue weighted by molar-refractivity contribution is 5.85. The van der Waals surface area contributed by atoms with Gasteiger partial charge in [0.1, 0.15) is 69.6 Å². The number of hydrogen-bond donors (Lipinski definition) is 0. The lowest BCUT2D eigenvalue weighted by molar-refractivity contribution is -0.118. The minimum absolute atomic E-state index is 0.254. The van der Waals surface area contributed by atoms with Crippen molar-refractivity contribution in [2.45, 2.75) is 281 Å². The average molecular weight is 1470 g/mol. The maximum atomic E-state index is 11.0. The number of benzene rings is 6. The van der Waals surface area contributed by atoms with Crippen molar-refractivity contribution in [3.63, 3.8) is 0 Å². The molecule has 0 unspecified atom stereocenters. The number of fused-ring (bicyclic) bond motifs is 6. The van der Waals surface area contributed by atoms with Crippen LogP contribution in [0.2, 0.25) is 0 Å². The van der Waals surface area contributed by atoms with Crippen LogP contribution in [0.1, 0.15) is 222 Å². The van der Waals surface area contributed by atoms with Crippen molar-refractivity contribution in [1.82, 2.24) is 57.3 Å². The lowest BCUT2D eigenvalue weighted by Crippen LogP contribution is -2.02. The fraction of sp³-hybridized carbons (Fsp3) is 0.467. The number of aryl methyl sites for hydroxylation is 22. The van der Waals surface area contributed by atoms with Gasteiger partial charge < -0.3 is 56.2 Å². The molecule has 0 saturated heterocycles. The second-order valence-electron chi connectivity index (χ2n) is 30.1. The fourth-order valence-electron chi connectivity index (χ4n) is 14.6. The highest BCUT2D eigenvalue weighted by Gasteiger charge is 2.17.